The first-order valence-electron chi connectivity index (χ1n) is 9.73. The molecule has 0 fully saturated rings. The molecule has 13 nitrogen and oxygen atoms in total. The number of hydrogen-bond acceptors (Lipinski definition) is 7. The highest BCUT2D eigenvalue weighted by atomic mass is 16.4. The van der Waals surface area contributed by atoms with E-state index in [1.165, 1.54) is 6.92 Å². The van der Waals surface area contributed by atoms with Crippen LogP contribution in [0.15, 0.2) is 0 Å². The molecular weight excluding hydrogens is 416 g/mol. The molecule has 0 bridgehead atoms. The molecule has 176 valence electrons. The van der Waals surface area contributed by atoms with Gasteiger partial charge in [-0.1, -0.05) is 0 Å². The molecule has 0 aliphatic rings. The van der Waals surface area contributed by atoms with Gasteiger partial charge < -0.3 is 37.0 Å². The van der Waals surface area contributed by atoms with Crippen molar-refractivity contribution in [2.75, 3.05) is 6.54 Å². The van der Waals surface area contributed by atoms with Gasteiger partial charge in [-0.2, -0.15) is 0 Å². The van der Waals surface area contributed by atoms with Gasteiger partial charge in [0.05, 0.1) is 6.42 Å². The Morgan fingerprint density at radius 2 is 1.42 bits per heavy atom. The Labute approximate surface area is 178 Å². The van der Waals surface area contributed by atoms with Crippen molar-refractivity contribution in [1.29, 1.82) is 0 Å². The van der Waals surface area contributed by atoms with Gasteiger partial charge in [0, 0.05) is 19.4 Å². The van der Waals surface area contributed by atoms with Crippen LogP contribution >= 0.6 is 0 Å². The predicted octanol–water partition coefficient (Wildman–Crippen LogP) is -1.60. The van der Waals surface area contributed by atoms with Crippen LogP contribution in [-0.4, -0.2) is 75.6 Å². The highest BCUT2D eigenvalue weighted by Crippen LogP contribution is 2.02. The molecule has 8 N–H and O–H groups in total. The first-order valence-corrected chi connectivity index (χ1v) is 9.73. The lowest BCUT2D eigenvalue weighted by Crippen LogP contribution is -2.53. The van der Waals surface area contributed by atoms with E-state index in [-0.39, 0.29) is 25.8 Å². The van der Waals surface area contributed by atoms with E-state index >= 15 is 0 Å². The van der Waals surface area contributed by atoms with Crippen molar-refractivity contribution in [2.45, 2.75) is 70.0 Å². The Bertz CT molecular complexity index is 668. The molecule has 0 aliphatic carbocycles. The maximum atomic E-state index is 12.4. The van der Waals surface area contributed by atoms with Crippen molar-refractivity contribution >= 4 is 35.6 Å². The lowest BCUT2D eigenvalue weighted by atomic mass is 10.1. The van der Waals surface area contributed by atoms with Crippen molar-refractivity contribution in [3.8, 4) is 0 Å². The summed E-state index contributed by atoms with van der Waals surface area (Å²) < 4.78 is 0. The van der Waals surface area contributed by atoms with Gasteiger partial charge in [0.15, 0.2) is 0 Å². The van der Waals surface area contributed by atoms with Crippen LogP contribution in [0.3, 0.4) is 0 Å². The molecule has 0 saturated carbocycles. The van der Waals surface area contributed by atoms with Crippen molar-refractivity contribution in [2.24, 2.45) is 5.73 Å². The highest BCUT2D eigenvalue weighted by molar-refractivity contribution is 5.92. The van der Waals surface area contributed by atoms with Crippen molar-refractivity contribution in [3.63, 3.8) is 0 Å². The van der Waals surface area contributed by atoms with E-state index in [1.54, 1.807) is 0 Å². The van der Waals surface area contributed by atoms with Gasteiger partial charge >= 0.3 is 17.9 Å². The summed E-state index contributed by atoms with van der Waals surface area (Å²) in [6.07, 6.45) is -0.274. The number of carbonyl (C=O) groups is 6. The van der Waals surface area contributed by atoms with Gasteiger partial charge in [-0.25, -0.2) is 0 Å². The number of unbranched alkanes of at least 4 members (excludes halogenated alkanes) is 1. The second kappa shape index (κ2) is 14.7. The number of carboxylic acid groups (broad SMARTS) is 3. The number of carbonyl (C=O) groups excluding carboxylic acids is 3. The lowest BCUT2D eigenvalue weighted by Gasteiger charge is -2.20. The Hall–Kier alpha value is -3.22. The predicted molar refractivity (Wildman–Crippen MR) is 106 cm³/mol. The van der Waals surface area contributed by atoms with Crippen molar-refractivity contribution in [1.82, 2.24) is 16.0 Å². The van der Waals surface area contributed by atoms with Crippen LogP contribution in [0.1, 0.15) is 51.9 Å². The second-order valence-electron chi connectivity index (χ2n) is 6.91. The van der Waals surface area contributed by atoms with Gasteiger partial charge in [0.1, 0.15) is 18.1 Å². The highest BCUT2D eigenvalue weighted by Gasteiger charge is 2.25. The van der Waals surface area contributed by atoms with E-state index in [4.69, 9.17) is 21.1 Å². The molecule has 0 spiro atoms. The molecule has 0 aromatic rings. The maximum Gasteiger partial charge on any atom is 0.320 e. The zero-order valence-corrected chi connectivity index (χ0v) is 17.3. The monoisotopic (exact) mass is 446 g/mol. The quantitative estimate of drug-likeness (QED) is 0.134. The smallest absolute Gasteiger partial charge is 0.320 e. The summed E-state index contributed by atoms with van der Waals surface area (Å²) in [5, 5.41) is 33.3. The van der Waals surface area contributed by atoms with Gasteiger partial charge in [0.2, 0.25) is 17.7 Å². The molecule has 3 amide bonds. The third-order valence-corrected chi connectivity index (χ3v) is 4.17. The average molecular weight is 446 g/mol. The summed E-state index contributed by atoms with van der Waals surface area (Å²) in [6.45, 7) is 1.63. The molecule has 0 aliphatic heterocycles. The minimum atomic E-state index is -1.25. The summed E-state index contributed by atoms with van der Waals surface area (Å²) in [6, 6.07) is -3.20. The molecule has 0 saturated heterocycles. The molecule has 0 unspecified atom stereocenters. The zero-order chi connectivity index (χ0) is 24.0. The molecule has 0 aromatic carbocycles. The third kappa shape index (κ3) is 13.6. The summed E-state index contributed by atoms with van der Waals surface area (Å²) in [7, 11) is 0. The Morgan fingerprint density at radius 1 is 0.806 bits per heavy atom. The first kappa shape index (κ1) is 27.8. The van der Waals surface area contributed by atoms with Crippen LogP contribution in [0.2, 0.25) is 0 Å². The van der Waals surface area contributed by atoms with E-state index in [0.29, 0.717) is 12.8 Å². The van der Waals surface area contributed by atoms with Gasteiger partial charge in [-0.05, 0) is 32.6 Å². The number of amides is 3. The van der Waals surface area contributed by atoms with Crippen LogP contribution in [0, 0.1) is 0 Å². The van der Waals surface area contributed by atoms with Crippen LogP contribution < -0.4 is 21.7 Å². The van der Waals surface area contributed by atoms with E-state index < -0.39 is 66.6 Å². The number of carboxylic acids is 3. The molecule has 0 heterocycles. The molecule has 0 radical (unpaired) electrons. The standard InChI is InChI=1S/C18H30N4O9/c1-10(16(28)20-9-3-2-4-11(19)18(30)31)21-17(29)12(5-7-14(24)25)22-13(23)6-8-15(26)27/h10-12H,2-9,19H2,1H3,(H,20,28)(H,21,29)(H,22,23)(H,24,25)(H,26,27)(H,30,31)/t10-,11-,12-/m0/s1. The van der Waals surface area contributed by atoms with E-state index in [0.717, 1.165) is 0 Å². The average Bonchev–Trinajstić information content (AvgIpc) is 2.68. The van der Waals surface area contributed by atoms with Gasteiger partial charge in [-0.3, -0.25) is 28.8 Å². The van der Waals surface area contributed by atoms with Crippen molar-refractivity contribution in [3.05, 3.63) is 0 Å². The van der Waals surface area contributed by atoms with Crippen LogP contribution in [0.5, 0.6) is 0 Å². The van der Waals surface area contributed by atoms with E-state index in [2.05, 4.69) is 16.0 Å². The number of nitrogens with two attached hydrogens (primary N) is 1. The largest absolute Gasteiger partial charge is 0.481 e. The molecule has 0 aromatic heterocycles. The van der Waals surface area contributed by atoms with Crippen molar-refractivity contribution < 1.29 is 44.1 Å². The SMILES string of the molecule is C[C@H](NC(=O)[C@H](CCC(=O)O)NC(=O)CCC(=O)O)C(=O)NCCCC[C@H](N)C(=O)O. The number of hydrogen-bond donors (Lipinski definition) is 7. The summed E-state index contributed by atoms with van der Waals surface area (Å²) in [5.41, 5.74) is 5.37. The number of nitrogens with one attached hydrogen (secondary N) is 3. The lowest BCUT2D eigenvalue weighted by molar-refractivity contribution is -0.139. The topological polar surface area (TPSA) is 225 Å². The fraction of sp³-hybridized carbons (Fsp3) is 0.667. The number of aliphatic carboxylic acids is 3. The summed E-state index contributed by atoms with van der Waals surface area (Å²) >= 11 is 0. The summed E-state index contributed by atoms with van der Waals surface area (Å²) in [4.78, 5) is 68.2. The maximum absolute atomic E-state index is 12.4. The Kier molecular flexibility index (Phi) is 13.2. The molecule has 31 heavy (non-hydrogen) atoms. The van der Waals surface area contributed by atoms with Crippen LogP contribution in [-0.2, 0) is 28.8 Å². The first-order chi connectivity index (χ1) is 14.4. The fourth-order valence-electron chi connectivity index (χ4n) is 2.38. The molecular formula is C18H30N4O9. The van der Waals surface area contributed by atoms with Crippen LogP contribution in [0.4, 0.5) is 0 Å². The second-order valence-corrected chi connectivity index (χ2v) is 6.91. The number of rotatable bonds is 16. The Balaban J connectivity index is 4.57. The Morgan fingerprint density at radius 3 is 1.97 bits per heavy atom. The molecule has 13 heteroatoms. The minimum Gasteiger partial charge on any atom is -0.481 e. The van der Waals surface area contributed by atoms with Gasteiger partial charge in [-0.15, -0.1) is 0 Å². The fourth-order valence-corrected chi connectivity index (χ4v) is 2.38. The molecule has 0 rings (SSSR count). The minimum absolute atomic E-state index is 0.236. The van der Waals surface area contributed by atoms with Crippen LogP contribution in [0.25, 0.3) is 0 Å². The normalized spacial score (nSPS) is 13.4. The zero-order valence-electron chi connectivity index (χ0n) is 17.3. The van der Waals surface area contributed by atoms with E-state index in [1.807, 2.05) is 0 Å². The summed E-state index contributed by atoms with van der Waals surface area (Å²) in [5.74, 6) is -5.52. The molecule has 3 atom stereocenters. The van der Waals surface area contributed by atoms with Gasteiger partial charge in [0.25, 0.3) is 0 Å². The third-order valence-electron chi connectivity index (χ3n) is 4.17. The van der Waals surface area contributed by atoms with E-state index in [9.17, 15) is 28.8 Å².